The smallest absolute Gasteiger partial charge is 0.0558 e. The first-order chi connectivity index (χ1) is 8.47. The summed E-state index contributed by atoms with van der Waals surface area (Å²) in [5, 5.41) is 3.40. The van der Waals surface area contributed by atoms with Gasteiger partial charge < -0.3 is 10.1 Å². The highest BCUT2D eigenvalue weighted by atomic mass is 16.5. The highest BCUT2D eigenvalue weighted by Crippen LogP contribution is 2.19. The number of methoxy groups -OCH3 is 1. The number of hydrogen-bond acceptors (Lipinski definition) is 2. The minimum absolute atomic E-state index is 0.300. The van der Waals surface area contributed by atoms with Crippen LogP contribution in [-0.2, 0) is 11.2 Å². The predicted octanol–water partition coefficient (Wildman–Crippen LogP) is 3.17. The van der Waals surface area contributed by atoms with Crippen LogP contribution in [0.3, 0.4) is 0 Å². The molecular formula is C16H27NO. The summed E-state index contributed by atoms with van der Waals surface area (Å²) in [6.07, 6.45) is 2.41. The highest BCUT2D eigenvalue weighted by molar-refractivity contribution is 5.38. The van der Waals surface area contributed by atoms with E-state index < -0.39 is 0 Å². The molecule has 0 aliphatic rings. The van der Waals surface area contributed by atoms with Gasteiger partial charge in [-0.05, 0) is 64.3 Å². The number of hydrogen-bond donors (Lipinski definition) is 1. The molecule has 0 bridgehead atoms. The largest absolute Gasteiger partial charge is 0.382 e. The van der Waals surface area contributed by atoms with E-state index in [1.165, 1.54) is 22.3 Å². The van der Waals surface area contributed by atoms with Gasteiger partial charge in [0.15, 0.2) is 0 Å². The second-order valence-electron chi connectivity index (χ2n) is 5.35. The van der Waals surface area contributed by atoms with Crippen molar-refractivity contribution in [1.82, 2.24) is 5.32 Å². The van der Waals surface area contributed by atoms with Crippen molar-refractivity contribution in [2.45, 2.75) is 52.7 Å². The van der Waals surface area contributed by atoms with Crippen molar-refractivity contribution < 1.29 is 4.74 Å². The summed E-state index contributed by atoms with van der Waals surface area (Å²) in [5.74, 6) is 0. The van der Waals surface area contributed by atoms with Gasteiger partial charge in [-0.1, -0.05) is 17.7 Å². The fourth-order valence-corrected chi connectivity index (χ4v) is 2.58. The Morgan fingerprint density at radius 2 is 1.72 bits per heavy atom. The van der Waals surface area contributed by atoms with Crippen molar-refractivity contribution in [3.63, 3.8) is 0 Å². The molecule has 0 aliphatic carbocycles. The zero-order valence-corrected chi connectivity index (χ0v) is 12.6. The summed E-state index contributed by atoms with van der Waals surface area (Å²) in [5.41, 5.74) is 5.62. The topological polar surface area (TPSA) is 21.3 Å². The number of rotatable bonds is 6. The van der Waals surface area contributed by atoms with Gasteiger partial charge in [0.2, 0.25) is 0 Å². The van der Waals surface area contributed by atoms with Crippen LogP contribution in [0.4, 0.5) is 0 Å². The third kappa shape index (κ3) is 4.11. The number of benzene rings is 1. The molecule has 1 rings (SSSR count). The quantitative estimate of drug-likeness (QED) is 0.836. The molecule has 0 saturated heterocycles. The van der Waals surface area contributed by atoms with Gasteiger partial charge in [-0.3, -0.25) is 0 Å². The van der Waals surface area contributed by atoms with Gasteiger partial charge in [-0.2, -0.15) is 0 Å². The molecule has 102 valence electrons. The van der Waals surface area contributed by atoms with E-state index in [9.17, 15) is 0 Å². The van der Waals surface area contributed by atoms with Gasteiger partial charge in [0.1, 0.15) is 0 Å². The normalized spacial score (nSPS) is 14.6. The van der Waals surface area contributed by atoms with Crippen LogP contribution in [0.1, 0.15) is 35.6 Å². The predicted molar refractivity (Wildman–Crippen MR) is 78.3 cm³/mol. The van der Waals surface area contributed by atoms with Gasteiger partial charge in [-0.15, -0.1) is 0 Å². The lowest BCUT2D eigenvalue weighted by atomic mass is 9.92. The van der Waals surface area contributed by atoms with Crippen LogP contribution in [0.5, 0.6) is 0 Å². The Morgan fingerprint density at radius 3 is 2.17 bits per heavy atom. The van der Waals surface area contributed by atoms with E-state index in [0.29, 0.717) is 12.1 Å². The minimum atomic E-state index is 0.300. The Balaban J connectivity index is 2.82. The zero-order valence-electron chi connectivity index (χ0n) is 12.6. The molecule has 0 saturated carbocycles. The summed E-state index contributed by atoms with van der Waals surface area (Å²) in [7, 11) is 3.81. The number of nitrogens with one attached hydrogen (secondary N) is 1. The van der Waals surface area contributed by atoms with Crippen LogP contribution in [0.25, 0.3) is 0 Å². The lowest BCUT2D eigenvalue weighted by molar-refractivity contribution is 0.101. The van der Waals surface area contributed by atoms with Gasteiger partial charge in [0.05, 0.1) is 6.10 Å². The average Bonchev–Trinajstić information content (AvgIpc) is 2.31. The molecule has 2 unspecified atom stereocenters. The third-order valence-corrected chi connectivity index (χ3v) is 3.72. The first kappa shape index (κ1) is 15.2. The Kier molecular flexibility index (Phi) is 5.83. The van der Waals surface area contributed by atoms with Gasteiger partial charge >= 0.3 is 0 Å². The van der Waals surface area contributed by atoms with Crippen molar-refractivity contribution in [3.05, 3.63) is 34.4 Å². The molecule has 0 amide bonds. The van der Waals surface area contributed by atoms with Crippen molar-refractivity contribution in [3.8, 4) is 0 Å². The van der Waals surface area contributed by atoms with Crippen molar-refractivity contribution in [1.29, 1.82) is 0 Å². The molecule has 0 heterocycles. The van der Waals surface area contributed by atoms with Crippen LogP contribution in [0, 0.1) is 20.8 Å². The first-order valence-electron chi connectivity index (χ1n) is 6.74. The first-order valence-corrected chi connectivity index (χ1v) is 6.74. The monoisotopic (exact) mass is 249 g/mol. The molecular weight excluding hydrogens is 222 g/mol. The van der Waals surface area contributed by atoms with Crippen LogP contribution in [0.2, 0.25) is 0 Å². The van der Waals surface area contributed by atoms with Crippen molar-refractivity contribution in [2.75, 3.05) is 14.2 Å². The van der Waals surface area contributed by atoms with E-state index in [2.05, 4.69) is 45.1 Å². The molecule has 2 nitrogen and oxygen atoms in total. The lowest BCUT2D eigenvalue weighted by Gasteiger charge is -2.22. The van der Waals surface area contributed by atoms with Crippen LogP contribution < -0.4 is 5.32 Å². The van der Waals surface area contributed by atoms with Gasteiger partial charge in [0, 0.05) is 13.2 Å². The molecule has 2 atom stereocenters. The Hall–Kier alpha value is -0.860. The number of ether oxygens (including phenoxy) is 1. The maximum Gasteiger partial charge on any atom is 0.0558 e. The Morgan fingerprint density at radius 1 is 1.17 bits per heavy atom. The Bertz CT molecular complexity index is 364. The molecule has 0 aliphatic heterocycles. The number of aryl methyl sites for hydroxylation is 3. The van der Waals surface area contributed by atoms with E-state index >= 15 is 0 Å². The van der Waals surface area contributed by atoms with E-state index in [1.54, 1.807) is 7.11 Å². The van der Waals surface area contributed by atoms with Gasteiger partial charge in [0.25, 0.3) is 0 Å². The molecule has 0 spiro atoms. The van der Waals surface area contributed by atoms with Crippen molar-refractivity contribution >= 4 is 0 Å². The summed E-state index contributed by atoms with van der Waals surface area (Å²) in [6, 6.07) is 5.02. The second-order valence-corrected chi connectivity index (χ2v) is 5.35. The van der Waals surface area contributed by atoms with Crippen molar-refractivity contribution in [2.24, 2.45) is 0 Å². The third-order valence-electron chi connectivity index (χ3n) is 3.72. The molecule has 0 fully saturated rings. The molecule has 1 N–H and O–H groups in total. The van der Waals surface area contributed by atoms with E-state index in [-0.39, 0.29) is 0 Å². The SMILES string of the molecule is CNC(Cc1c(C)cc(C)cc1C)CC(C)OC. The molecule has 1 aromatic rings. The summed E-state index contributed by atoms with van der Waals surface area (Å²) in [4.78, 5) is 0. The highest BCUT2D eigenvalue weighted by Gasteiger charge is 2.14. The number of likely N-dealkylation sites (N-methyl/N-ethyl adjacent to an activating group) is 1. The van der Waals surface area contributed by atoms with E-state index in [1.807, 2.05) is 7.05 Å². The summed E-state index contributed by atoms with van der Waals surface area (Å²) >= 11 is 0. The summed E-state index contributed by atoms with van der Waals surface area (Å²) < 4.78 is 5.36. The fourth-order valence-electron chi connectivity index (χ4n) is 2.58. The van der Waals surface area contributed by atoms with E-state index in [4.69, 9.17) is 4.74 Å². The molecule has 18 heavy (non-hydrogen) atoms. The second kappa shape index (κ2) is 6.91. The average molecular weight is 249 g/mol. The van der Waals surface area contributed by atoms with Crippen LogP contribution in [-0.4, -0.2) is 26.3 Å². The minimum Gasteiger partial charge on any atom is -0.382 e. The molecule has 0 aromatic heterocycles. The maximum atomic E-state index is 5.36. The fraction of sp³-hybridized carbons (Fsp3) is 0.625. The molecule has 0 radical (unpaired) electrons. The standard InChI is InChI=1S/C16H27NO/c1-11-7-12(2)16(13(3)8-11)10-15(17-5)9-14(4)18-6/h7-8,14-15,17H,9-10H2,1-6H3. The van der Waals surface area contributed by atoms with Crippen LogP contribution >= 0.6 is 0 Å². The molecule has 1 aromatic carbocycles. The lowest BCUT2D eigenvalue weighted by Crippen LogP contribution is -2.32. The Labute approximate surface area is 112 Å². The summed E-state index contributed by atoms with van der Waals surface area (Å²) in [6.45, 7) is 8.70. The van der Waals surface area contributed by atoms with E-state index in [0.717, 1.165) is 12.8 Å². The van der Waals surface area contributed by atoms with Gasteiger partial charge in [-0.25, -0.2) is 0 Å². The zero-order chi connectivity index (χ0) is 13.7. The van der Waals surface area contributed by atoms with Crippen LogP contribution in [0.15, 0.2) is 12.1 Å². The molecule has 2 heteroatoms. The maximum absolute atomic E-state index is 5.36.